The second-order valence-electron chi connectivity index (χ2n) is 4.28. The van der Waals surface area contributed by atoms with Crippen LogP contribution in [0, 0.1) is 11.3 Å². The van der Waals surface area contributed by atoms with Gasteiger partial charge < -0.3 is 9.47 Å². The summed E-state index contributed by atoms with van der Waals surface area (Å²) in [7, 11) is 0. The number of para-hydroxylation sites is 1. The van der Waals surface area contributed by atoms with Crippen molar-refractivity contribution in [3.8, 4) is 11.8 Å². The highest BCUT2D eigenvalue weighted by Gasteiger charge is 2.02. The van der Waals surface area contributed by atoms with Gasteiger partial charge in [0.1, 0.15) is 11.8 Å². The molecule has 0 fully saturated rings. The zero-order valence-electron chi connectivity index (χ0n) is 11.2. The zero-order valence-corrected chi connectivity index (χ0v) is 11.2. The summed E-state index contributed by atoms with van der Waals surface area (Å²) in [4.78, 5) is 0. The SMILES string of the molecule is CCCC(C)OCCCOc1ccccc1C#N. The van der Waals surface area contributed by atoms with Gasteiger partial charge in [0.25, 0.3) is 0 Å². The molecule has 1 aromatic rings. The van der Waals surface area contributed by atoms with Crippen LogP contribution in [0.15, 0.2) is 24.3 Å². The molecule has 1 aromatic carbocycles. The van der Waals surface area contributed by atoms with E-state index < -0.39 is 0 Å². The van der Waals surface area contributed by atoms with Gasteiger partial charge in [-0.25, -0.2) is 0 Å². The Hall–Kier alpha value is -1.53. The van der Waals surface area contributed by atoms with Crippen LogP contribution in [0.1, 0.15) is 38.7 Å². The second kappa shape index (κ2) is 8.54. The minimum Gasteiger partial charge on any atom is -0.492 e. The summed E-state index contributed by atoms with van der Waals surface area (Å²) in [6.45, 7) is 5.53. The Bertz CT molecular complexity index is 384. The monoisotopic (exact) mass is 247 g/mol. The topological polar surface area (TPSA) is 42.2 Å². The third-order valence-electron chi connectivity index (χ3n) is 2.65. The zero-order chi connectivity index (χ0) is 13.2. The minimum atomic E-state index is 0.321. The number of nitrogens with zero attached hydrogens (tertiary/aromatic N) is 1. The number of nitriles is 1. The van der Waals surface area contributed by atoms with E-state index in [0.29, 0.717) is 30.6 Å². The molecule has 0 bridgehead atoms. The van der Waals surface area contributed by atoms with E-state index in [2.05, 4.69) is 19.9 Å². The molecular weight excluding hydrogens is 226 g/mol. The molecule has 0 aliphatic heterocycles. The first-order valence-electron chi connectivity index (χ1n) is 6.51. The van der Waals surface area contributed by atoms with Crippen molar-refractivity contribution in [2.45, 2.75) is 39.2 Å². The summed E-state index contributed by atoms with van der Waals surface area (Å²) in [5, 5.41) is 8.90. The number of rotatable bonds is 8. The van der Waals surface area contributed by atoms with Crippen LogP contribution in [-0.4, -0.2) is 19.3 Å². The molecule has 98 valence electrons. The standard InChI is InChI=1S/C15H21NO2/c1-3-7-13(2)17-10-6-11-18-15-9-5-4-8-14(15)12-16/h4-5,8-9,13H,3,6-7,10-11H2,1-2H3. The van der Waals surface area contributed by atoms with Crippen LogP contribution in [0.25, 0.3) is 0 Å². The average molecular weight is 247 g/mol. The maximum Gasteiger partial charge on any atom is 0.137 e. The van der Waals surface area contributed by atoms with Crippen molar-refractivity contribution in [2.75, 3.05) is 13.2 Å². The van der Waals surface area contributed by atoms with Gasteiger partial charge in [0.05, 0.1) is 24.9 Å². The molecule has 0 heterocycles. The van der Waals surface area contributed by atoms with Crippen LogP contribution >= 0.6 is 0 Å². The van der Waals surface area contributed by atoms with Crippen LogP contribution in [0.3, 0.4) is 0 Å². The molecule has 0 aliphatic rings. The molecule has 3 nitrogen and oxygen atoms in total. The van der Waals surface area contributed by atoms with Gasteiger partial charge in [-0.15, -0.1) is 0 Å². The first kappa shape index (κ1) is 14.5. The van der Waals surface area contributed by atoms with E-state index >= 15 is 0 Å². The van der Waals surface area contributed by atoms with Crippen molar-refractivity contribution in [3.63, 3.8) is 0 Å². The first-order chi connectivity index (χ1) is 8.77. The van der Waals surface area contributed by atoms with Gasteiger partial charge in [0, 0.05) is 6.42 Å². The van der Waals surface area contributed by atoms with Gasteiger partial charge in [-0.1, -0.05) is 25.5 Å². The molecule has 0 amide bonds. The molecule has 0 saturated carbocycles. The lowest BCUT2D eigenvalue weighted by atomic mass is 10.2. The number of hydrogen-bond donors (Lipinski definition) is 0. The average Bonchev–Trinajstić information content (AvgIpc) is 2.39. The summed E-state index contributed by atoms with van der Waals surface area (Å²) in [6.07, 6.45) is 3.40. The molecule has 1 atom stereocenters. The van der Waals surface area contributed by atoms with Crippen LogP contribution < -0.4 is 4.74 Å². The highest BCUT2D eigenvalue weighted by Crippen LogP contribution is 2.16. The fourth-order valence-corrected chi connectivity index (χ4v) is 1.70. The molecule has 18 heavy (non-hydrogen) atoms. The highest BCUT2D eigenvalue weighted by atomic mass is 16.5. The molecule has 0 spiro atoms. The van der Waals surface area contributed by atoms with E-state index in [1.54, 1.807) is 6.07 Å². The van der Waals surface area contributed by atoms with Gasteiger partial charge in [0.15, 0.2) is 0 Å². The lowest BCUT2D eigenvalue weighted by molar-refractivity contribution is 0.0519. The van der Waals surface area contributed by atoms with Crippen LogP contribution in [0.4, 0.5) is 0 Å². The van der Waals surface area contributed by atoms with Crippen molar-refractivity contribution in [1.82, 2.24) is 0 Å². The van der Waals surface area contributed by atoms with Crippen LogP contribution in [0.2, 0.25) is 0 Å². The van der Waals surface area contributed by atoms with E-state index in [1.165, 1.54) is 0 Å². The normalized spacial score (nSPS) is 11.8. The lowest BCUT2D eigenvalue weighted by Gasteiger charge is -2.12. The molecule has 1 rings (SSSR count). The maximum absolute atomic E-state index is 8.90. The van der Waals surface area contributed by atoms with Gasteiger partial charge in [0.2, 0.25) is 0 Å². The Morgan fingerprint density at radius 3 is 2.78 bits per heavy atom. The predicted octanol–water partition coefficient (Wildman–Crippen LogP) is 3.53. The van der Waals surface area contributed by atoms with E-state index in [-0.39, 0.29) is 0 Å². The molecule has 0 aliphatic carbocycles. The van der Waals surface area contributed by atoms with E-state index in [9.17, 15) is 0 Å². The number of hydrogen-bond acceptors (Lipinski definition) is 3. The molecule has 1 unspecified atom stereocenters. The van der Waals surface area contributed by atoms with Gasteiger partial charge in [-0.05, 0) is 25.5 Å². The first-order valence-corrected chi connectivity index (χ1v) is 6.51. The molecular formula is C15H21NO2. The van der Waals surface area contributed by atoms with Crippen molar-refractivity contribution in [3.05, 3.63) is 29.8 Å². The third kappa shape index (κ3) is 5.20. The quantitative estimate of drug-likeness (QED) is 0.660. The summed E-state index contributed by atoms with van der Waals surface area (Å²) in [5.41, 5.74) is 0.581. The molecule has 0 aromatic heterocycles. The second-order valence-corrected chi connectivity index (χ2v) is 4.28. The Morgan fingerprint density at radius 1 is 1.28 bits per heavy atom. The summed E-state index contributed by atoms with van der Waals surface area (Å²) >= 11 is 0. The highest BCUT2D eigenvalue weighted by molar-refractivity contribution is 5.42. The van der Waals surface area contributed by atoms with Crippen LogP contribution in [-0.2, 0) is 4.74 Å². The molecule has 0 saturated heterocycles. The fraction of sp³-hybridized carbons (Fsp3) is 0.533. The Balaban J connectivity index is 2.20. The lowest BCUT2D eigenvalue weighted by Crippen LogP contribution is -2.11. The fourth-order valence-electron chi connectivity index (χ4n) is 1.70. The van der Waals surface area contributed by atoms with E-state index in [1.807, 2.05) is 18.2 Å². The summed E-state index contributed by atoms with van der Waals surface area (Å²) in [6, 6.07) is 9.40. The molecule has 0 N–H and O–H groups in total. The molecule has 3 heteroatoms. The Labute approximate surface area is 109 Å². The van der Waals surface area contributed by atoms with Gasteiger partial charge in [-0.3, -0.25) is 0 Å². The molecule has 0 radical (unpaired) electrons. The van der Waals surface area contributed by atoms with E-state index in [4.69, 9.17) is 14.7 Å². The maximum atomic E-state index is 8.90. The van der Waals surface area contributed by atoms with Crippen molar-refractivity contribution in [1.29, 1.82) is 5.26 Å². The summed E-state index contributed by atoms with van der Waals surface area (Å²) < 4.78 is 11.2. The third-order valence-corrected chi connectivity index (χ3v) is 2.65. The predicted molar refractivity (Wildman–Crippen MR) is 71.6 cm³/mol. The van der Waals surface area contributed by atoms with Gasteiger partial charge in [-0.2, -0.15) is 5.26 Å². The Kier molecular flexibility index (Phi) is 6.90. The van der Waals surface area contributed by atoms with Crippen molar-refractivity contribution in [2.24, 2.45) is 0 Å². The van der Waals surface area contributed by atoms with Gasteiger partial charge >= 0.3 is 0 Å². The largest absolute Gasteiger partial charge is 0.492 e. The Morgan fingerprint density at radius 2 is 2.06 bits per heavy atom. The number of ether oxygens (including phenoxy) is 2. The summed E-state index contributed by atoms with van der Waals surface area (Å²) in [5.74, 6) is 0.654. The smallest absolute Gasteiger partial charge is 0.137 e. The van der Waals surface area contributed by atoms with E-state index in [0.717, 1.165) is 19.3 Å². The minimum absolute atomic E-state index is 0.321. The van der Waals surface area contributed by atoms with Crippen LogP contribution in [0.5, 0.6) is 5.75 Å². The van der Waals surface area contributed by atoms with Crippen molar-refractivity contribution >= 4 is 0 Å². The number of benzene rings is 1. The van der Waals surface area contributed by atoms with Crippen molar-refractivity contribution < 1.29 is 9.47 Å².